The molecule has 0 unspecified atom stereocenters. The molecule has 0 atom stereocenters. The molecule has 1 heterocycles. The van der Waals surface area contributed by atoms with E-state index in [4.69, 9.17) is 4.74 Å². The second-order valence-electron chi connectivity index (χ2n) is 5.85. The van der Waals surface area contributed by atoms with Crippen LogP contribution in [0.25, 0.3) is 10.9 Å². The van der Waals surface area contributed by atoms with Gasteiger partial charge in [-0.2, -0.15) is 14.9 Å². The summed E-state index contributed by atoms with van der Waals surface area (Å²) in [6, 6.07) is 12.6. The van der Waals surface area contributed by atoms with Crippen molar-refractivity contribution in [1.29, 1.82) is 0 Å². The molecule has 130 valence electrons. The molecule has 0 aliphatic carbocycles. The molecule has 6 nitrogen and oxygen atoms in total. The lowest BCUT2D eigenvalue weighted by Crippen LogP contribution is -2.46. The van der Waals surface area contributed by atoms with Gasteiger partial charge in [0.15, 0.2) is 0 Å². The maximum absolute atomic E-state index is 12.7. The Bertz CT molecular complexity index is 893. The number of phenols is 1. The van der Waals surface area contributed by atoms with E-state index in [0.29, 0.717) is 9.99 Å². The Balaban J connectivity index is 1.91. The van der Waals surface area contributed by atoms with E-state index in [-0.39, 0.29) is 18.4 Å². The fourth-order valence-electron chi connectivity index (χ4n) is 2.51. The molecule has 0 bridgehead atoms. The monoisotopic (exact) mass is 403 g/mol. The predicted molar refractivity (Wildman–Crippen MR) is 99.1 cm³/mol. The van der Waals surface area contributed by atoms with Crippen LogP contribution in [0.1, 0.15) is 19.4 Å². The third kappa shape index (κ3) is 3.46. The van der Waals surface area contributed by atoms with Gasteiger partial charge in [0, 0.05) is 5.39 Å². The molecule has 3 aromatic rings. The Morgan fingerprint density at radius 3 is 2.68 bits per heavy atom. The molecular formula is C18H18BrN3O3. The van der Waals surface area contributed by atoms with Crippen LogP contribution in [0.2, 0.25) is 0 Å². The van der Waals surface area contributed by atoms with Crippen LogP contribution in [-0.2, 0) is 11.3 Å². The minimum absolute atomic E-state index is 0.0793. The normalized spacial score (nSPS) is 11.0. The number of fused-ring (bicyclic) bond motifs is 1. The van der Waals surface area contributed by atoms with Gasteiger partial charge in [0.2, 0.25) is 0 Å². The van der Waals surface area contributed by atoms with Gasteiger partial charge in [-0.1, -0.05) is 30.3 Å². The van der Waals surface area contributed by atoms with Crippen LogP contribution in [0.15, 0.2) is 53.1 Å². The second-order valence-corrected chi connectivity index (χ2v) is 6.64. The van der Waals surface area contributed by atoms with Crippen molar-refractivity contribution in [3.63, 3.8) is 0 Å². The first-order valence-electron chi connectivity index (χ1n) is 7.84. The minimum atomic E-state index is -0.515. The number of hydrogen-bond acceptors (Lipinski definition) is 4. The minimum Gasteiger partial charge on any atom is -0.507 e. The fourth-order valence-corrected chi connectivity index (χ4v) is 3.03. The van der Waals surface area contributed by atoms with Gasteiger partial charge in [0.25, 0.3) is 0 Å². The number of amides is 1. The summed E-state index contributed by atoms with van der Waals surface area (Å²) < 4.78 is 5.92. The molecule has 0 spiro atoms. The quantitative estimate of drug-likeness (QED) is 0.708. The van der Waals surface area contributed by atoms with Crippen molar-refractivity contribution < 1.29 is 14.6 Å². The van der Waals surface area contributed by atoms with Crippen molar-refractivity contribution in [2.45, 2.75) is 26.5 Å². The van der Waals surface area contributed by atoms with Crippen molar-refractivity contribution in [2.24, 2.45) is 0 Å². The molecule has 3 rings (SSSR count). The first-order valence-corrected chi connectivity index (χ1v) is 8.63. The second kappa shape index (κ2) is 7.14. The Hall–Kier alpha value is -2.54. The van der Waals surface area contributed by atoms with Crippen molar-refractivity contribution in [3.8, 4) is 5.75 Å². The number of carbonyl (C=O) groups is 1. The Morgan fingerprint density at radius 1 is 1.28 bits per heavy atom. The van der Waals surface area contributed by atoms with Crippen molar-refractivity contribution >= 4 is 32.9 Å². The van der Waals surface area contributed by atoms with Gasteiger partial charge in [-0.15, -0.1) is 0 Å². The lowest BCUT2D eigenvalue weighted by molar-refractivity contribution is 0.137. The van der Waals surface area contributed by atoms with E-state index < -0.39 is 6.09 Å². The van der Waals surface area contributed by atoms with Gasteiger partial charge < -0.3 is 9.84 Å². The summed E-state index contributed by atoms with van der Waals surface area (Å²) in [4.78, 5) is 14.1. The van der Waals surface area contributed by atoms with E-state index in [1.165, 1.54) is 9.80 Å². The number of aromatic nitrogens is 2. The van der Waals surface area contributed by atoms with Gasteiger partial charge in [-0.3, -0.25) is 0 Å². The van der Waals surface area contributed by atoms with E-state index in [2.05, 4.69) is 21.0 Å². The molecule has 7 heteroatoms. The highest BCUT2D eigenvalue weighted by molar-refractivity contribution is 9.10. The number of aromatic hydroxyl groups is 1. The maximum atomic E-state index is 12.7. The molecular weight excluding hydrogens is 386 g/mol. The van der Waals surface area contributed by atoms with Crippen molar-refractivity contribution in [2.75, 3.05) is 5.01 Å². The third-order valence-corrected chi connectivity index (χ3v) is 4.50. The molecule has 1 N–H and O–H groups in total. The van der Waals surface area contributed by atoms with Crippen LogP contribution < -0.4 is 5.01 Å². The summed E-state index contributed by atoms with van der Waals surface area (Å²) >= 11 is 3.36. The van der Waals surface area contributed by atoms with Crippen LogP contribution in [-0.4, -0.2) is 27.1 Å². The van der Waals surface area contributed by atoms with Gasteiger partial charge in [0.1, 0.15) is 17.9 Å². The number of ether oxygens (including phenoxy) is 1. The molecule has 0 aliphatic rings. The molecule has 0 aliphatic heterocycles. The van der Waals surface area contributed by atoms with Crippen LogP contribution in [0.5, 0.6) is 5.75 Å². The van der Waals surface area contributed by atoms with Gasteiger partial charge in [-0.05, 0) is 47.5 Å². The number of benzene rings is 2. The largest absolute Gasteiger partial charge is 0.507 e. The number of carbonyl (C=O) groups excluding carboxylic acids is 1. The average Bonchev–Trinajstić information content (AvgIpc) is 3.01. The lowest BCUT2D eigenvalue weighted by Gasteiger charge is -2.26. The maximum Gasteiger partial charge on any atom is 0.430 e. The predicted octanol–water partition coefficient (Wildman–Crippen LogP) is 4.19. The molecule has 0 fully saturated rings. The third-order valence-electron chi connectivity index (χ3n) is 3.72. The van der Waals surface area contributed by atoms with Crippen LogP contribution >= 0.6 is 15.9 Å². The lowest BCUT2D eigenvalue weighted by atomic mass is 10.2. The fraction of sp³-hybridized carbons (Fsp3) is 0.222. The topological polar surface area (TPSA) is 67.6 Å². The van der Waals surface area contributed by atoms with E-state index in [0.717, 1.165) is 10.9 Å². The summed E-state index contributed by atoms with van der Waals surface area (Å²) in [6.07, 6.45) is 1.12. The molecule has 25 heavy (non-hydrogen) atoms. The van der Waals surface area contributed by atoms with Gasteiger partial charge in [0.05, 0.1) is 16.7 Å². The number of hydrogen-bond donors (Lipinski definition) is 1. The van der Waals surface area contributed by atoms with Crippen LogP contribution in [0, 0.1) is 0 Å². The molecule has 1 amide bonds. The Kier molecular flexibility index (Phi) is 4.94. The van der Waals surface area contributed by atoms with E-state index in [1.54, 1.807) is 18.3 Å². The van der Waals surface area contributed by atoms with Crippen molar-refractivity contribution in [3.05, 3.63) is 58.7 Å². The molecule has 1 aromatic heterocycles. The highest BCUT2D eigenvalue weighted by Gasteiger charge is 2.24. The molecule has 0 radical (unpaired) electrons. The number of halogens is 1. The zero-order valence-electron chi connectivity index (χ0n) is 13.9. The standard InChI is InChI=1S/C18H18BrN3O3/c1-12(2)21(18(24)25-11-13-6-4-3-5-7-13)22-17-14(10-20-22)8-9-15(23)16(17)19/h3-10,12,23H,11H2,1-2H3. The van der Waals surface area contributed by atoms with Crippen molar-refractivity contribution in [1.82, 2.24) is 9.89 Å². The summed E-state index contributed by atoms with van der Waals surface area (Å²) in [5.41, 5.74) is 1.51. The van der Waals surface area contributed by atoms with Crippen LogP contribution in [0.3, 0.4) is 0 Å². The SMILES string of the molecule is CC(C)N(C(=O)OCc1ccccc1)n1ncc2ccc(O)c(Br)c21. The first-order chi connectivity index (χ1) is 12.0. The number of rotatable bonds is 4. The zero-order valence-corrected chi connectivity index (χ0v) is 15.5. The summed E-state index contributed by atoms with van der Waals surface area (Å²) in [5.74, 6) is 0.0793. The summed E-state index contributed by atoms with van der Waals surface area (Å²) in [7, 11) is 0. The molecule has 2 aromatic carbocycles. The van der Waals surface area contributed by atoms with E-state index in [1.807, 2.05) is 44.2 Å². The smallest absolute Gasteiger partial charge is 0.430 e. The molecule has 0 saturated heterocycles. The Labute approximate surface area is 153 Å². The summed E-state index contributed by atoms with van der Waals surface area (Å²) in [6.45, 7) is 3.91. The van der Waals surface area contributed by atoms with Gasteiger partial charge >= 0.3 is 6.09 Å². The van der Waals surface area contributed by atoms with E-state index >= 15 is 0 Å². The highest BCUT2D eigenvalue weighted by Crippen LogP contribution is 2.32. The van der Waals surface area contributed by atoms with Crippen LogP contribution in [0.4, 0.5) is 4.79 Å². The zero-order chi connectivity index (χ0) is 18.0. The summed E-state index contributed by atoms with van der Waals surface area (Å²) in [5, 5.41) is 16.5. The van der Waals surface area contributed by atoms with E-state index in [9.17, 15) is 9.90 Å². The Morgan fingerprint density at radius 2 is 2.00 bits per heavy atom. The molecule has 0 saturated carbocycles. The highest BCUT2D eigenvalue weighted by atomic mass is 79.9. The van der Waals surface area contributed by atoms with Gasteiger partial charge in [-0.25, -0.2) is 4.79 Å². The number of phenolic OH excluding ortho intramolecular Hbond substituents is 1. The average molecular weight is 404 g/mol. The first kappa shape index (κ1) is 17.3. The number of nitrogens with zero attached hydrogens (tertiary/aromatic N) is 3.